The number of thiazole rings is 1. The third-order valence-corrected chi connectivity index (χ3v) is 4.22. The summed E-state index contributed by atoms with van der Waals surface area (Å²) < 4.78 is 0. The fourth-order valence-corrected chi connectivity index (χ4v) is 3.07. The highest BCUT2D eigenvalue weighted by molar-refractivity contribution is 7.14. The van der Waals surface area contributed by atoms with Crippen molar-refractivity contribution >= 4 is 34.0 Å². The van der Waals surface area contributed by atoms with E-state index < -0.39 is 0 Å². The molecule has 126 valence electrons. The first-order valence-electron chi connectivity index (χ1n) is 7.77. The van der Waals surface area contributed by atoms with E-state index in [4.69, 9.17) is 0 Å². The van der Waals surface area contributed by atoms with Crippen LogP contribution in [0, 0.1) is 0 Å². The van der Waals surface area contributed by atoms with E-state index in [1.165, 1.54) is 18.3 Å². The summed E-state index contributed by atoms with van der Waals surface area (Å²) in [5.41, 5.74) is 3.41. The highest BCUT2D eigenvalue weighted by Gasteiger charge is 2.09. The summed E-state index contributed by atoms with van der Waals surface area (Å²) in [5, 5.41) is 8.02. The predicted molar refractivity (Wildman–Crippen MR) is 101 cm³/mol. The number of carbonyl (C=O) groups is 2. The van der Waals surface area contributed by atoms with Crippen molar-refractivity contribution in [2.45, 2.75) is 13.3 Å². The number of nitrogens with one attached hydrogen (secondary N) is 2. The molecule has 0 unspecified atom stereocenters. The van der Waals surface area contributed by atoms with Gasteiger partial charge in [0.15, 0.2) is 5.13 Å². The van der Waals surface area contributed by atoms with E-state index in [0.717, 1.165) is 22.5 Å². The minimum atomic E-state index is -0.107. The first-order valence-corrected chi connectivity index (χ1v) is 8.65. The van der Waals surface area contributed by atoms with Crippen LogP contribution in [-0.2, 0) is 16.0 Å². The summed E-state index contributed by atoms with van der Waals surface area (Å²) >= 11 is 1.39. The molecule has 0 aliphatic carbocycles. The third kappa shape index (κ3) is 4.74. The molecule has 6 heteroatoms. The molecule has 1 heterocycles. The van der Waals surface area contributed by atoms with Gasteiger partial charge in [0.2, 0.25) is 11.8 Å². The van der Waals surface area contributed by atoms with Crippen LogP contribution in [0.15, 0.2) is 60.0 Å². The Labute approximate surface area is 149 Å². The van der Waals surface area contributed by atoms with Crippen LogP contribution in [0.4, 0.5) is 10.8 Å². The molecule has 0 saturated carbocycles. The SMILES string of the molecule is CC(=O)Nc1ccc(-c2csc(NC(=O)Cc3ccccc3)n2)cc1. The summed E-state index contributed by atoms with van der Waals surface area (Å²) in [7, 11) is 0. The van der Waals surface area contributed by atoms with Crippen molar-refractivity contribution in [1.82, 2.24) is 4.98 Å². The molecule has 5 nitrogen and oxygen atoms in total. The summed E-state index contributed by atoms with van der Waals surface area (Å²) in [6.07, 6.45) is 0.321. The van der Waals surface area contributed by atoms with Crippen LogP contribution in [0.3, 0.4) is 0 Å². The Hall–Kier alpha value is -2.99. The Morgan fingerprint density at radius 3 is 2.40 bits per heavy atom. The Bertz CT molecular complexity index is 873. The monoisotopic (exact) mass is 351 g/mol. The normalized spacial score (nSPS) is 10.3. The van der Waals surface area contributed by atoms with Crippen molar-refractivity contribution in [1.29, 1.82) is 0 Å². The maximum absolute atomic E-state index is 12.1. The quantitative estimate of drug-likeness (QED) is 0.731. The molecule has 0 aliphatic heterocycles. The van der Waals surface area contributed by atoms with E-state index in [-0.39, 0.29) is 11.8 Å². The number of amides is 2. The molecular weight excluding hydrogens is 334 g/mol. The molecule has 2 N–H and O–H groups in total. The van der Waals surface area contributed by atoms with Crippen molar-refractivity contribution < 1.29 is 9.59 Å². The molecular formula is C19H17N3O2S. The number of anilines is 2. The number of benzene rings is 2. The highest BCUT2D eigenvalue weighted by atomic mass is 32.1. The second kappa shape index (κ2) is 7.72. The van der Waals surface area contributed by atoms with Gasteiger partial charge in [0, 0.05) is 23.6 Å². The lowest BCUT2D eigenvalue weighted by Crippen LogP contribution is -2.14. The van der Waals surface area contributed by atoms with Gasteiger partial charge in [0.05, 0.1) is 12.1 Å². The number of aromatic nitrogens is 1. The smallest absolute Gasteiger partial charge is 0.230 e. The Kier molecular flexibility index (Phi) is 5.20. The number of hydrogen-bond acceptors (Lipinski definition) is 4. The van der Waals surface area contributed by atoms with E-state index in [9.17, 15) is 9.59 Å². The van der Waals surface area contributed by atoms with Gasteiger partial charge in [-0.25, -0.2) is 4.98 Å². The molecule has 2 amide bonds. The lowest BCUT2D eigenvalue weighted by molar-refractivity contribution is -0.116. The standard InChI is InChI=1S/C19H17N3O2S/c1-13(23)20-16-9-7-15(8-10-16)17-12-25-19(21-17)22-18(24)11-14-5-3-2-4-6-14/h2-10,12H,11H2,1H3,(H,20,23)(H,21,22,24). The molecule has 0 fully saturated rings. The molecule has 3 rings (SSSR count). The molecule has 0 bridgehead atoms. The summed E-state index contributed by atoms with van der Waals surface area (Å²) in [6, 6.07) is 17.0. The Balaban J connectivity index is 1.64. The number of nitrogens with zero attached hydrogens (tertiary/aromatic N) is 1. The van der Waals surface area contributed by atoms with Gasteiger partial charge >= 0.3 is 0 Å². The Morgan fingerprint density at radius 1 is 1.00 bits per heavy atom. The van der Waals surface area contributed by atoms with Crippen molar-refractivity contribution in [3.63, 3.8) is 0 Å². The minimum Gasteiger partial charge on any atom is -0.326 e. The van der Waals surface area contributed by atoms with Gasteiger partial charge < -0.3 is 10.6 Å². The van der Waals surface area contributed by atoms with E-state index in [0.29, 0.717) is 11.6 Å². The van der Waals surface area contributed by atoms with E-state index in [1.807, 2.05) is 60.0 Å². The summed E-state index contributed by atoms with van der Waals surface area (Å²) in [4.78, 5) is 27.6. The van der Waals surface area contributed by atoms with Gasteiger partial charge in [-0.1, -0.05) is 42.5 Å². The average molecular weight is 351 g/mol. The maximum Gasteiger partial charge on any atom is 0.230 e. The van der Waals surface area contributed by atoms with Gasteiger partial charge in [-0.2, -0.15) is 0 Å². The molecule has 0 atom stereocenters. The fraction of sp³-hybridized carbons (Fsp3) is 0.105. The van der Waals surface area contributed by atoms with Gasteiger partial charge in [-0.15, -0.1) is 11.3 Å². The third-order valence-electron chi connectivity index (χ3n) is 3.46. The van der Waals surface area contributed by atoms with Crippen LogP contribution in [0.5, 0.6) is 0 Å². The second-order valence-electron chi connectivity index (χ2n) is 5.51. The lowest BCUT2D eigenvalue weighted by atomic mass is 10.1. The summed E-state index contributed by atoms with van der Waals surface area (Å²) in [6.45, 7) is 1.47. The minimum absolute atomic E-state index is 0.0897. The van der Waals surface area contributed by atoms with Crippen LogP contribution in [0.25, 0.3) is 11.3 Å². The fourth-order valence-electron chi connectivity index (χ4n) is 2.34. The Morgan fingerprint density at radius 2 is 1.72 bits per heavy atom. The van der Waals surface area contributed by atoms with Crippen LogP contribution < -0.4 is 10.6 Å². The zero-order valence-corrected chi connectivity index (χ0v) is 14.5. The first-order chi connectivity index (χ1) is 12.1. The second-order valence-corrected chi connectivity index (χ2v) is 6.37. The average Bonchev–Trinajstić information content (AvgIpc) is 3.04. The van der Waals surface area contributed by atoms with Crippen molar-refractivity contribution in [2.75, 3.05) is 10.6 Å². The highest BCUT2D eigenvalue weighted by Crippen LogP contribution is 2.26. The van der Waals surface area contributed by atoms with Crippen LogP contribution in [0.2, 0.25) is 0 Å². The molecule has 3 aromatic rings. The lowest BCUT2D eigenvalue weighted by Gasteiger charge is -2.03. The first kappa shape index (κ1) is 16.9. The van der Waals surface area contributed by atoms with Crippen LogP contribution in [0.1, 0.15) is 12.5 Å². The molecule has 0 spiro atoms. The predicted octanol–water partition coefficient (Wildman–Crippen LogP) is 3.95. The molecule has 0 aliphatic rings. The van der Waals surface area contributed by atoms with Crippen LogP contribution in [-0.4, -0.2) is 16.8 Å². The van der Waals surface area contributed by atoms with E-state index in [2.05, 4.69) is 15.6 Å². The van der Waals surface area contributed by atoms with Crippen LogP contribution >= 0.6 is 11.3 Å². The molecule has 25 heavy (non-hydrogen) atoms. The van der Waals surface area contributed by atoms with Gasteiger partial charge in [0.1, 0.15) is 0 Å². The van der Waals surface area contributed by atoms with Gasteiger partial charge in [-0.05, 0) is 17.7 Å². The molecule has 0 radical (unpaired) electrons. The van der Waals surface area contributed by atoms with E-state index in [1.54, 1.807) is 0 Å². The van der Waals surface area contributed by atoms with Crippen molar-refractivity contribution in [3.05, 3.63) is 65.5 Å². The van der Waals surface area contributed by atoms with Crippen molar-refractivity contribution in [3.8, 4) is 11.3 Å². The van der Waals surface area contributed by atoms with Gasteiger partial charge in [-0.3, -0.25) is 9.59 Å². The zero-order chi connectivity index (χ0) is 17.6. The number of carbonyl (C=O) groups excluding carboxylic acids is 2. The number of hydrogen-bond donors (Lipinski definition) is 2. The zero-order valence-electron chi connectivity index (χ0n) is 13.7. The summed E-state index contributed by atoms with van der Waals surface area (Å²) in [5.74, 6) is -0.196. The largest absolute Gasteiger partial charge is 0.326 e. The maximum atomic E-state index is 12.1. The van der Waals surface area contributed by atoms with Gasteiger partial charge in [0.25, 0.3) is 0 Å². The molecule has 1 aromatic heterocycles. The number of rotatable bonds is 5. The topological polar surface area (TPSA) is 71.1 Å². The molecule has 2 aromatic carbocycles. The van der Waals surface area contributed by atoms with Crippen molar-refractivity contribution in [2.24, 2.45) is 0 Å². The molecule has 0 saturated heterocycles. The van der Waals surface area contributed by atoms with E-state index >= 15 is 0 Å².